The Hall–Kier alpha value is -2.15. The molecule has 0 bridgehead atoms. The number of nitriles is 1. The first-order valence-corrected chi connectivity index (χ1v) is 5.61. The maximum absolute atomic E-state index is 13.7. The van der Waals surface area contributed by atoms with E-state index in [9.17, 15) is 17.6 Å². The third kappa shape index (κ3) is 3.45. The molecule has 0 saturated heterocycles. The molecule has 0 saturated carbocycles. The van der Waals surface area contributed by atoms with E-state index < -0.39 is 39.3 Å². The topological polar surface area (TPSA) is 98.0 Å². The minimum Gasteiger partial charge on any atom is -0.382 e. The maximum Gasteiger partial charge on any atom is 0.420 e. The van der Waals surface area contributed by atoms with Gasteiger partial charge in [-0.05, 0) is 12.1 Å². The SMILES string of the molecule is N#C/C(=N\Nc1ccc(Br)c(C(F)(F)F)c1F)C(=N)N. The van der Waals surface area contributed by atoms with Gasteiger partial charge in [-0.15, -0.1) is 0 Å². The summed E-state index contributed by atoms with van der Waals surface area (Å²) in [6.45, 7) is 0. The van der Waals surface area contributed by atoms with Gasteiger partial charge in [0, 0.05) is 4.47 Å². The number of hydrogen-bond acceptors (Lipinski definition) is 4. The summed E-state index contributed by atoms with van der Waals surface area (Å²) in [4.78, 5) is 0. The molecule has 1 aromatic carbocycles. The molecule has 0 heterocycles. The van der Waals surface area contributed by atoms with Crippen LogP contribution in [0.25, 0.3) is 0 Å². The Morgan fingerprint density at radius 2 is 2.05 bits per heavy atom. The van der Waals surface area contributed by atoms with E-state index in [-0.39, 0.29) is 0 Å². The summed E-state index contributed by atoms with van der Waals surface area (Å²) in [6.07, 6.45) is -4.90. The van der Waals surface area contributed by atoms with Gasteiger partial charge in [0.05, 0.1) is 5.69 Å². The van der Waals surface area contributed by atoms with Crippen LogP contribution < -0.4 is 11.2 Å². The summed E-state index contributed by atoms with van der Waals surface area (Å²) < 4.78 is 51.2. The fourth-order valence-corrected chi connectivity index (χ4v) is 1.69. The van der Waals surface area contributed by atoms with Gasteiger partial charge >= 0.3 is 6.18 Å². The number of halogens is 5. The second-order valence-electron chi connectivity index (χ2n) is 3.38. The van der Waals surface area contributed by atoms with Crippen LogP contribution in [0.4, 0.5) is 23.2 Å². The van der Waals surface area contributed by atoms with Crippen LogP contribution in [0.3, 0.4) is 0 Å². The number of nitrogens with two attached hydrogens (primary N) is 1. The Morgan fingerprint density at radius 1 is 1.45 bits per heavy atom. The third-order valence-corrected chi connectivity index (χ3v) is 2.68. The highest BCUT2D eigenvalue weighted by Crippen LogP contribution is 2.39. The Labute approximate surface area is 118 Å². The molecule has 5 nitrogen and oxygen atoms in total. The Bertz CT molecular complexity index is 617. The monoisotopic (exact) mass is 351 g/mol. The van der Waals surface area contributed by atoms with Crippen molar-refractivity contribution in [2.45, 2.75) is 6.18 Å². The van der Waals surface area contributed by atoms with Gasteiger partial charge in [0.25, 0.3) is 0 Å². The molecule has 0 radical (unpaired) electrons. The predicted molar refractivity (Wildman–Crippen MR) is 67.7 cm³/mol. The number of amidine groups is 1. The van der Waals surface area contributed by atoms with Gasteiger partial charge in [-0.3, -0.25) is 10.8 Å². The molecule has 0 fully saturated rings. The maximum atomic E-state index is 13.7. The summed E-state index contributed by atoms with van der Waals surface area (Å²) >= 11 is 2.60. The number of alkyl halides is 3. The van der Waals surface area contributed by atoms with Crippen molar-refractivity contribution in [2.24, 2.45) is 10.8 Å². The van der Waals surface area contributed by atoms with Crippen LogP contribution in [0.5, 0.6) is 0 Å². The Kier molecular flexibility index (Phi) is 4.67. The highest BCUT2D eigenvalue weighted by atomic mass is 79.9. The van der Waals surface area contributed by atoms with E-state index in [1.54, 1.807) is 0 Å². The number of nitrogens with zero attached hydrogens (tertiary/aromatic N) is 2. The van der Waals surface area contributed by atoms with E-state index in [0.717, 1.165) is 12.1 Å². The second-order valence-corrected chi connectivity index (χ2v) is 4.23. The molecule has 0 aromatic heterocycles. The summed E-state index contributed by atoms with van der Waals surface area (Å²) in [7, 11) is 0. The van der Waals surface area contributed by atoms with E-state index >= 15 is 0 Å². The molecule has 0 spiro atoms. The average Bonchev–Trinajstić information content (AvgIpc) is 2.30. The lowest BCUT2D eigenvalue weighted by Gasteiger charge is -2.12. The van der Waals surface area contributed by atoms with E-state index in [1.807, 2.05) is 5.43 Å². The van der Waals surface area contributed by atoms with E-state index in [0.29, 0.717) is 0 Å². The number of hydrazone groups is 1. The van der Waals surface area contributed by atoms with Crippen LogP contribution in [0, 0.1) is 22.6 Å². The molecule has 1 rings (SSSR count). The molecular formula is C10H6BrF4N5. The molecule has 0 aliphatic carbocycles. The summed E-state index contributed by atoms with van der Waals surface area (Å²) in [5.74, 6) is -2.29. The zero-order valence-corrected chi connectivity index (χ0v) is 11.1. The Balaban J connectivity index is 3.24. The van der Waals surface area contributed by atoms with Crippen LogP contribution >= 0.6 is 15.9 Å². The quantitative estimate of drug-likeness (QED) is 0.338. The van der Waals surface area contributed by atoms with Crippen molar-refractivity contribution in [1.82, 2.24) is 0 Å². The molecule has 0 atom stereocenters. The van der Waals surface area contributed by atoms with Crippen molar-refractivity contribution in [3.8, 4) is 6.07 Å². The van der Waals surface area contributed by atoms with Crippen LogP contribution in [-0.2, 0) is 6.18 Å². The van der Waals surface area contributed by atoms with Gasteiger partial charge < -0.3 is 5.73 Å². The molecule has 4 N–H and O–H groups in total. The van der Waals surface area contributed by atoms with Gasteiger partial charge in [-0.2, -0.15) is 23.5 Å². The fourth-order valence-electron chi connectivity index (χ4n) is 1.16. The first-order chi connectivity index (χ1) is 9.18. The van der Waals surface area contributed by atoms with Gasteiger partial charge in [0.2, 0.25) is 5.71 Å². The molecular weight excluding hydrogens is 346 g/mol. The molecule has 10 heteroatoms. The van der Waals surface area contributed by atoms with Crippen LogP contribution in [-0.4, -0.2) is 11.5 Å². The number of nitrogens with one attached hydrogen (secondary N) is 2. The largest absolute Gasteiger partial charge is 0.420 e. The van der Waals surface area contributed by atoms with Crippen molar-refractivity contribution in [2.75, 3.05) is 5.43 Å². The second kappa shape index (κ2) is 5.87. The van der Waals surface area contributed by atoms with E-state index in [1.165, 1.54) is 6.07 Å². The van der Waals surface area contributed by atoms with Crippen molar-refractivity contribution in [3.05, 3.63) is 28.0 Å². The number of rotatable bonds is 3. The van der Waals surface area contributed by atoms with Crippen LogP contribution in [0.2, 0.25) is 0 Å². The normalized spacial score (nSPS) is 11.9. The van der Waals surface area contributed by atoms with Crippen molar-refractivity contribution < 1.29 is 17.6 Å². The number of anilines is 1. The zero-order valence-electron chi connectivity index (χ0n) is 9.52. The minimum absolute atomic E-state index is 0.468. The molecule has 0 amide bonds. The lowest BCUT2D eigenvalue weighted by molar-refractivity contribution is -0.140. The highest BCUT2D eigenvalue weighted by molar-refractivity contribution is 9.10. The zero-order chi connectivity index (χ0) is 15.5. The first-order valence-electron chi connectivity index (χ1n) is 4.82. The van der Waals surface area contributed by atoms with Crippen LogP contribution in [0.1, 0.15) is 5.56 Å². The number of hydrogen-bond donors (Lipinski definition) is 3. The van der Waals surface area contributed by atoms with Gasteiger partial charge in [0.15, 0.2) is 11.7 Å². The minimum atomic E-state index is -4.90. The molecule has 106 valence electrons. The average molecular weight is 352 g/mol. The molecule has 0 aliphatic heterocycles. The molecule has 20 heavy (non-hydrogen) atoms. The van der Waals surface area contributed by atoms with Crippen LogP contribution in [0.15, 0.2) is 21.7 Å². The first kappa shape index (κ1) is 15.9. The van der Waals surface area contributed by atoms with E-state index in [4.69, 9.17) is 16.4 Å². The molecule has 0 unspecified atom stereocenters. The standard InChI is InChI=1S/C10H6BrF4N5/c11-4-1-2-5(8(12)7(4)10(13,14)15)19-20-6(3-16)9(17)18/h1-2,19H,(H3,17,18)/b20-6+. The van der Waals surface area contributed by atoms with Gasteiger partial charge in [-0.1, -0.05) is 15.9 Å². The fraction of sp³-hybridized carbons (Fsp3) is 0.100. The molecule has 1 aromatic rings. The number of benzene rings is 1. The Morgan fingerprint density at radius 3 is 2.50 bits per heavy atom. The predicted octanol–water partition coefficient (Wildman–Crippen LogP) is 2.83. The lowest BCUT2D eigenvalue weighted by atomic mass is 10.2. The lowest BCUT2D eigenvalue weighted by Crippen LogP contribution is -2.22. The summed E-state index contributed by atoms with van der Waals surface area (Å²) in [5.41, 5.74) is 4.23. The third-order valence-electron chi connectivity index (χ3n) is 2.02. The van der Waals surface area contributed by atoms with Crippen molar-refractivity contribution in [1.29, 1.82) is 10.7 Å². The van der Waals surface area contributed by atoms with Gasteiger partial charge in [-0.25, -0.2) is 4.39 Å². The highest BCUT2D eigenvalue weighted by Gasteiger charge is 2.37. The summed E-state index contributed by atoms with van der Waals surface area (Å²) in [5, 5.41) is 18.8. The summed E-state index contributed by atoms with van der Waals surface area (Å²) in [6, 6.07) is 3.40. The molecule has 0 aliphatic rings. The van der Waals surface area contributed by atoms with E-state index in [2.05, 4.69) is 21.0 Å². The van der Waals surface area contributed by atoms with Gasteiger partial charge in [0.1, 0.15) is 11.6 Å². The van der Waals surface area contributed by atoms with Crippen molar-refractivity contribution in [3.63, 3.8) is 0 Å². The van der Waals surface area contributed by atoms with Crippen molar-refractivity contribution >= 4 is 33.2 Å². The smallest absolute Gasteiger partial charge is 0.382 e.